The number of carboxylic acids is 1. The van der Waals surface area contributed by atoms with Crippen LogP contribution in [0, 0.1) is 6.92 Å². The van der Waals surface area contributed by atoms with Crippen LogP contribution in [0.3, 0.4) is 0 Å². The molecule has 0 aliphatic rings. The molecule has 0 amide bonds. The second kappa shape index (κ2) is 6.82. The lowest BCUT2D eigenvalue weighted by Gasteiger charge is -2.08. The predicted molar refractivity (Wildman–Crippen MR) is 76.1 cm³/mol. The molecule has 0 bridgehead atoms. The zero-order chi connectivity index (χ0) is 14.5. The van der Waals surface area contributed by atoms with Crippen molar-refractivity contribution in [2.75, 3.05) is 19.5 Å². The van der Waals surface area contributed by atoms with Crippen LogP contribution in [0.2, 0.25) is 0 Å². The van der Waals surface area contributed by atoms with E-state index in [1.54, 1.807) is 12.6 Å². The van der Waals surface area contributed by atoms with Crippen molar-refractivity contribution < 1.29 is 14.6 Å². The molecule has 108 valence electrons. The summed E-state index contributed by atoms with van der Waals surface area (Å²) >= 11 is 2.64. The fourth-order valence-corrected chi connectivity index (χ4v) is 3.07. The van der Waals surface area contributed by atoms with Crippen molar-refractivity contribution in [1.82, 2.24) is 19.7 Å². The molecule has 2 heterocycles. The number of thioether (sulfide) groups is 1. The highest BCUT2D eigenvalue weighted by atomic mass is 32.2. The molecular weight excluding hydrogens is 300 g/mol. The van der Waals surface area contributed by atoms with Crippen LogP contribution in [0.1, 0.15) is 5.69 Å². The van der Waals surface area contributed by atoms with Crippen molar-refractivity contribution in [3.05, 3.63) is 11.2 Å². The lowest BCUT2D eigenvalue weighted by molar-refractivity contribution is -0.133. The lowest BCUT2D eigenvalue weighted by Crippen LogP contribution is -2.08. The molecule has 0 radical (unpaired) electrons. The number of methoxy groups -OCH3 is 1. The number of aromatic nitrogens is 4. The Morgan fingerprint density at radius 1 is 1.55 bits per heavy atom. The Hall–Kier alpha value is -1.45. The van der Waals surface area contributed by atoms with Crippen LogP contribution >= 0.6 is 23.1 Å². The maximum atomic E-state index is 10.7. The molecule has 2 rings (SSSR count). The number of nitrogens with zero attached hydrogens (tertiary/aromatic N) is 4. The van der Waals surface area contributed by atoms with E-state index in [0.717, 1.165) is 22.3 Å². The van der Waals surface area contributed by atoms with Crippen LogP contribution in [0.4, 0.5) is 0 Å². The molecule has 0 atom stereocenters. The van der Waals surface area contributed by atoms with E-state index in [-0.39, 0.29) is 5.75 Å². The average Bonchev–Trinajstić information content (AvgIpc) is 2.99. The Bertz CT molecular complexity index is 596. The molecule has 2 aromatic rings. The second-order valence-electron chi connectivity index (χ2n) is 3.90. The van der Waals surface area contributed by atoms with Crippen LogP contribution in [0.15, 0.2) is 10.7 Å². The summed E-state index contributed by atoms with van der Waals surface area (Å²) in [7, 11) is 1.62. The summed E-state index contributed by atoms with van der Waals surface area (Å²) in [5, 5.41) is 17.6. The maximum absolute atomic E-state index is 10.7. The molecule has 2 aromatic heterocycles. The van der Waals surface area contributed by atoms with Gasteiger partial charge in [0.2, 0.25) is 0 Å². The van der Waals surface area contributed by atoms with Crippen molar-refractivity contribution in [2.24, 2.45) is 0 Å². The van der Waals surface area contributed by atoms with Gasteiger partial charge >= 0.3 is 5.97 Å². The highest BCUT2D eigenvalue weighted by Gasteiger charge is 2.18. The number of thiazole rings is 1. The minimum absolute atomic E-state index is 0.0488. The topological polar surface area (TPSA) is 90.1 Å². The third-order valence-electron chi connectivity index (χ3n) is 2.51. The largest absolute Gasteiger partial charge is 0.481 e. The molecular formula is C11H14N4O3S2. The molecule has 0 aliphatic carbocycles. The third-order valence-corrected chi connectivity index (χ3v) is 4.39. The first-order valence-electron chi connectivity index (χ1n) is 5.80. The summed E-state index contributed by atoms with van der Waals surface area (Å²) < 4.78 is 6.96. The number of rotatable bonds is 7. The molecule has 0 aliphatic heterocycles. The highest BCUT2D eigenvalue weighted by Crippen LogP contribution is 2.28. The van der Waals surface area contributed by atoms with E-state index in [9.17, 15) is 4.79 Å². The van der Waals surface area contributed by atoms with E-state index >= 15 is 0 Å². The summed E-state index contributed by atoms with van der Waals surface area (Å²) in [6.45, 7) is 2.98. The van der Waals surface area contributed by atoms with Gasteiger partial charge in [0.05, 0.1) is 35.0 Å². The van der Waals surface area contributed by atoms with Gasteiger partial charge in [-0.05, 0) is 6.92 Å². The molecule has 0 unspecified atom stereocenters. The number of hydrogen-bond donors (Lipinski definition) is 1. The van der Waals surface area contributed by atoms with Gasteiger partial charge in [0.1, 0.15) is 0 Å². The molecule has 0 saturated heterocycles. The van der Waals surface area contributed by atoms with Gasteiger partial charge in [-0.25, -0.2) is 4.98 Å². The molecule has 20 heavy (non-hydrogen) atoms. The van der Waals surface area contributed by atoms with Crippen LogP contribution in [-0.2, 0) is 16.1 Å². The fraction of sp³-hybridized carbons (Fsp3) is 0.455. The van der Waals surface area contributed by atoms with E-state index in [0.29, 0.717) is 24.1 Å². The monoisotopic (exact) mass is 314 g/mol. The number of aryl methyl sites for hydroxylation is 1. The zero-order valence-electron chi connectivity index (χ0n) is 11.1. The van der Waals surface area contributed by atoms with Crippen molar-refractivity contribution in [3.63, 3.8) is 0 Å². The molecule has 0 fully saturated rings. The summed E-state index contributed by atoms with van der Waals surface area (Å²) in [6, 6.07) is 0. The fourth-order valence-electron chi connectivity index (χ4n) is 1.59. The van der Waals surface area contributed by atoms with Gasteiger partial charge in [0, 0.05) is 7.11 Å². The molecule has 1 N–H and O–H groups in total. The van der Waals surface area contributed by atoms with Gasteiger partial charge in [0.15, 0.2) is 11.0 Å². The third kappa shape index (κ3) is 3.35. The standard InChI is InChI=1S/C11H14N4O3S2/c1-7-9(20-6-12-7)10-13-14-11(19-5-8(16)17)15(10)3-4-18-2/h6H,3-5H2,1-2H3,(H,16,17). The lowest BCUT2D eigenvalue weighted by atomic mass is 10.4. The van der Waals surface area contributed by atoms with Crippen molar-refractivity contribution >= 4 is 29.1 Å². The van der Waals surface area contributed by atoms with Crippen molar-refractivity contribution in [2.45, 2.75) is 18.6 Å². The zero-order valence-corrected chi connectivity index (χ0v) is 12.7. The Kier molecular flexibility index (Phi) is 5.10. The van der Waals surface area contributed by atoms with E-state index < -0.39 is 5.97 Å². The Morgan fingerprint density at radius 3 is 2.95 bits per heavy atom. The van der Waals surface area contributed by atoms with Gasteiger partial charge in [-0.2, -0.15) is 0 Å². The molecule has 9 heteroatoms. The van der Waals surface area contributed by atoms with Crippen LogP contribution < -0.4 is 0 Å². The first-order chi connectivity index (χ1) is 9.63. The molecule has 0 saturated carbocycles. The van der Waals surface area contributed by atoms with Crippen molar-refractivity contribution in [3.8, 4) is 10.7 Å². The SMILES string of the molecule is COCCn1c(SCC(=O)O)nnc1-c1scnc1C. The summed E-state index contributed by atoms with van der Waals surface area (Å²) in [5.41, 5.74) is 2.64. The Morgan fingerprint density at radius 2 is 2.35 bits per heavy atom. The summed E-state index contributed by atoms with van der Waals surface area (Å²) in [4.78, 5) is 15.8. The van der Waals surface area contributed by atoms with Crippen LogP contribution in [0.25, 0.3) is 10.7 Å². The summed E-state index contributed by atoms with van der Waals surface area (Å²) in [6.07, 6.45) is 0. The van der Waals surface area contributed by atoms with E-state index in [4.69, 9.17) is 9.84 Å². The van der Waals surface area contributed by atoms with Gasteiger partial charge in [-0.1, -0.05) is 11.8 Å². The van der Waals surface area contributed by atoms with Gasteiger partial charge in [-0.15, -0.1) is 21.5 Å². The van der Waals surface area contributed by atoms with E-state index in [1.165, 1.54) is 11.3 Å². The predicted octanol–water partition coefficient (Wildman–Crippen LogP) is 1.53. The van der Waals surface area contributed by atoms with Gasteiger partial charge in [0.25, 0.3) is 0 Å². The minimum Gasteiger partial charge on any atom is -0.481 e. The normalized spacial score (nSPS) is 10.9. The first-order valence-corrected chi connectivity index (χ1v) is 7.67. The van der Waals surface area contributed by atoms with E-state index in [2.05, 4.69) is 15.2 Å². The van der Waals surface area contributed by atoms with Gasteiger partial charge < -0.3 is 9.84 Å². The first kappa shape index (κ1) is 14.9. The number of hydrogen-bond acceptors (Lipinski definition) is 7. The molecule has 0 spiro atoms. The van der Waals surface area contributed by atoms with Crippen molar-refractivity contribution in [1.29, 1.82) is 0 Å². The van der Waals surface area contributed by atoms with Crippen LogP contribution in [0.5, 0.6) is 0 Å². The molecule has 7 nitrogen and oxygen atoms in total. The Labute approximate surface area is 124 Å². The minimum atomic E-state index is -0.883. The summed E-state index contributed by atoms with van der Waals surface area (Å²) in [5.74, 6) is -0.228. The van der Waals surface area contributed by atoms with Crippen LogP contribution in [-0.4, -0.2) is 50.3 Å². The number of carbonyl (C=O) groups is 1. The van der Waals surface area contributed by atoms with Gasteiger partial charge in [-0.3, -0.25) is 9.36 Å². The maximum Gasteiger partial charge on any atom is 0.313 e. The Balaban J connectivity index is 2.31. The smallest absolute Gasteiger partial charge is 0.313 e. The molecule has 0 aromatic carbocycles. The second-order valence-corrected chi connectivity index (χ2v) is 5.70. The highest BCUT2D eigenvalue weighted by molar-refractivity contribution is 7.99. The number of carboxylic acid groups (broad SMARTS) is 1. The average molecular weight is 314 g/mol. The van der Waals surface area contributed by atoms with E-state index in [1.807, 2.05) is 11.5 Å². The number of aliphatic carboxylic acids is 1. The quantitative estimate of drug-likeness (QED) is 0.775. The number of ether oxygens (including phenoxy) is 1.